The van der Waals surface area contributed by atoms with E-state index in [0.29, 0.717) is 12.4 Å². The van der Waals surface area contributed by atoms with Crippen molar-refractivity contribution in [2.75, 3.05) is 13.2 Å². The number of carbonyl (C=O) groups excluding carboxylic acids is 1. The Hall–Kier alpha value is -1.55. The minimum atomic E-state index is -0.355. The molecule has 1 rings (SSSR count). The fourth-order valence-electron chi connectivity index (χ4n) is 0.931. The van der Waals surface area contributed by atoms with E-state index in [2.05, 4.69) is 5.73 Å². The Balaban J connectivity index is 2.38. The highest BCUT2D eigenvalue weighted by Gasteiger charge is 2.02. The van der Waals surface area contributed by atoms with Gasteiger partial charge in [-0.2, -0.15) is 0 Å². The summed E-state index contributed by atoms with van der Waals surface area (Å²) in [7, 11) is 0. The van der Waals surface area contributed by atoms with Gasteiger partial charge >= 0.3 is 5.97 Å². The lowest BCUT2D eigenvalue weighted by Crippen LogP contribution is -2.39. The number of benzene rings is 1. The number of rotatable bonds is 4. The SMILES string of the molecule is CCOC(=O)COc1ccc([NH3+])cc1. The Morgan fingerprint density at radius 3 is 2.57 bits per heavy atom. The fourth-order valence-corrected chi connectivity index (χ4v) is 0.931. The number of quaternary nitrogens is 1. The van der Waals surface area contributed by atoms with Crippen molar-refractivity contribution in [3.8, 4) is 5.75 Å². The fraction of sp³-hybridized carbons (Fsp3) is 0.300. The molecule has 0 bridgehead atoms. The van der Waals surface area contributed by atoms with E-state index in [-0.39, 0.29) is 12.6 Å². The first kappa shape index (κ1) is 10.5. The van der Waals surface area contributed by atoms with Crippen LogP contribution in [0.25, 0.3) is 0 Å². The van der Waals surface area contributed by atoms with Crippen LogP contribution in [0.1, 0.15) is 6.92 Å². The van der Waals surface area contributed by atoms with Crippen molar-refractivity contribution < 1.29 is 20.0 Å². The Morgan fingerprint density at radius 1 is 1.36 bits per heavy atom. The highest BCUT2D eigenvalue weighted by molar-refractivity contribution is 5.71. The van der Waals surface area contributed by atoms with Crippen LogP contribution >= 0.6 is 0 Å². The van der Waals surface area contributed by atoms with E-state index in [9.17, 15) is 4.79 Å². The molecule has 0 aromatic heterocycles. The molecule has 0 amide bonds. The van der Waals surface area contributed by atoms with E-state index in [1.165, 1.54) is 0 Å². The van der Waals surface area contributed by atoms with Crippen LogP contribution in [-0.4, -0.2) is 19.2 Å². The van der Waals surface area contributed by atoms with Crippen molar-refractivity contribution in [2.45, 2.75) is 6.92 Å². The van der Waals surface area contributed by atoms with Crippen molar-refractivity contribution in [1.82, 2.24) is 0 Å². The summed E-state index contributed by atoms with van der Waals surface area (Å²) in [5.74, 6) is 0.289. The molecule has 0 aliphatic carbocycles. The number of carbonyl (C=O) groups is 1. The lowest BCUT2D eigenvalue weighted by molar-refractivity contribution is -0.254. The van der Waals surface area contributed by atoms with Crippen molar-refractivity contribution in [3.63, 3.8) is 0 Å². The van der Waals surface area contributed by atoms with Gasteiger partial charge in [-0.05, 0) is 19.1 Å². The van der Waals surface area contributed by atoms with Crippen LogP contribution in [0.4, 0.5) is 5.69 Å². The van der Waals surface area contributed by atoms with Gasteiger partial charge < -0.3 is 15.2 Å². The quantitative estimate of drug-likeness (QED) is 0.713. The van der Waals surface area contributed by atoms with E-state index in [1.807, 2.05) is 12.1 Å². The van der Waals surface area contributed by atoms with Crippen molar-refractivity contribution in [3.05, 3.63) is 24.3 Å². The maximum Gasteiger partial charge on any atom is 0.344 e. The molecular formula is C10H14NO3+. The zero-order valence-corrected chi connectivity index (χ0v) is 8.16. The first-order valence-electron chi connectivity index (χ1n) is 4.43. The first-order chi connectivity index (χ1) is 6.72. The molecule has 0 fully saturated rings. The minimum Gasteiger partial charge on any atom is -0.482 e. The average Bonchev–Trinajstić information content (AvgIpc) is 2.17. The van der Waals surface area contributed by atoms with Gasteiger partial charge in [-0.1, -0.05) is 0 Å². The Kier molecular flexibility index (Phi) is 3.94. The van der Waals surface area contributed by atoms with Gasteiger partial charge in [-0.3, -0.25) is 0 Å². The molecule has 0 saturated carbocycles. The third-order valence-electron chi connectivity index (χ3n) is 1.59. The van der Waals surface area contributed by atoms with Crippen molar-refractivity contribution in [1.29, 1.82) is 0 Å². The number of ether oxygens (including phenoxy) is 2. The molecule has 1 aromatic rings. The average molecular weight is 196 g/mol. The lowest BCUT2D eigenvalue weighted by atomic mass is 10.3. The van der Waals surface area contributed by atoms with Gasteiger partial charge in [0.05, 0.1) is 6.61 Å². The summed E-state index contributed by atoms with van der Waals surface area (Å²) >= 11 is 0. The van der Waals surface area contributed by atoms with Crippen LogP contribution < -0.4 is 10.5 Å². The van der Waals surface area contributed by atoms with Crippen LogP contribution in [0.2, 0.25) is 0 Å². The molecule has 0 spiro atoms. The summed E-state index contributed by atoms with van der Waals surface area (Å²) in [5.41, 5.74) is 4.65. The number of hydrogen-bond acceptors (Lipinski definition) is 3. The Bertz CT molecular complexity index is 295. The molecule has 0 aliphatic heterocycles. The van der Waals surface area contributed by atoms with Crippen LogP contribution in [-0.2, 0) is 9.53 Å². The molecule has 0 heterocycles. The molecule has 76 valence electrons. The topological polar surface area (TPSA) is 63.2 Å². The first-order valence-corrected chi connectivity index (χ1v) is 4.43. The third kappa shape index (κ3) is 3.45. The second-order valence-electron chi connectivity index (χ2n) is 2.74. The maximum absolute atomic E-state index is 10.9. The van der Waals surface area contributed by atoms with Crippen LogP contribution in [0.15, 0.2) is 24.3 Å². The predicted molar refractivity (Wildman–Crippen MR) is 51.1 cm³/mol. The largest absolute Gasteiger partial charge is 0.482 e. The molecule has 4 nitrogen and oxygen atoms in total. The molecule has 14 heavy (non-hydrogen) atoms. The van der Waals surface area contributed by atoms with Crippen LogP contribution in [0, 0.1) is 0 Å². The van der Waals surface area contributed by atoms with Crippen LogP contribution in [0.5, 0.6) is 5.75 Å². The summed E-state index contributed by atoms with van der Waals surface area (Å²) in [5, 5.41) is 0. The highest BCUT2D eigenvalue weighted by Crippen LogP contribution is 2.11. The van der Waals surface area contributed by atoms with Gasteiger partial charge in [0.2, 0.25) is 0 Å². The van der Waals surface area contributed by atoms with Gasteiger partial charge in [0.15, 0.2) is 6.61 Å². The van der Waals surface area contributed by atoms with Crippen LogP contribution in [0.3, 0.4) is 0 Å². The standard InChI is InChI=1S/C10H13NO3/c1-2-13-10(12)7-14-9-5-3-8(11)4-6-9/h3-6H,2,7,11H2,1H3/p+1. The maximum atomic E-state index is 10.9. The van der Waals surface area contributed by atoms with Gasteiger partial charge in [-0.25, -0.2) is 4.79 Å². The minimum absolute atomic E-state index is 0.0513. The summed E-state index contributed by atoms with van der Waals surface area (Å²) in [6.45, 7) is 2.08. The van der Waals surface area contributed by atoms with Gasteiger partial charge in [0.25, 0.3) is 0 Å². The van der Waals surface area contributed by atoms with E-state index in [1.54, 1.807) is 19.1 Å². The van der Waals surface area contributed by atoms with Gasteiger partial charge in [-0.15, -0.1) is 0 Å². The van der Waals surface area contributed by atoms with E-state index in [0.717, 1.165) is 5.69 Å². The van der Waals surface area contributed by atoms with E-state index in [4.69, 9.17) is 9.47 Å². The number of esters is 1. The second-order valence-corrected chi connectivity index (χ2v) is 2.74. The predicted octanol–water partition coefficient (Wildman–Crippen LogP) is 0.502. The molecular weight excluding hydrogens is 182 g/mol. The van der Waals surface area contributed by atoms with E-state index < -0.39 is 0 Å². The number of hydrogen-bond donors (Lipinski definition) is 1. The molecule has 3 N–H and O–H groups in total. The zero-order valence-electron chi connectivity index (χ0n) is 8.16. The summed E-state index contributed by atoms with van der Waals surface area (Å²) in [4.78, 5) is 10.9. The monoisotopic (exact) mass is 196 g/mol. The molecule has 0 atom stereocenters. The summed E-state index contributed by atoms with van der Waals surface area (Å²) in [6.07, 6.45) is 0. The van der Waals surface area contributed by atoms with Gasteiger partial charge in [0, 0.05) is 12.1 Å². The molecule has 1 aromatic carbocycles. The van der Waals surface area contributed by atoms with Gasteiger partial charge in [0.1, 0.15) is 11.4 Å². The third-order valence-corrected chi connectivity index (χ3v) is 1.59. The normalized spacial score (nSPS) is 9.57. The second kappa shape index (κ2) is 5.24. The molecule has 0 aliphatic rings. The molecule has 0 saturated heterocycles. The zero-order chi connectivity index (χ0) is 10.4. The summed E-state index contributed by atoms with van der Waals surface area (Å²) < 4.78 is 9.88. The highest BCUT2D eigenvalue weighted by atomic mass is 16.6. The van der Waals surface area contributed by atoms with Crippen molar-refractivity contribution >= 4 is 11.7 Å². The smallest absolute Gasteiger partial charge is 0.344 e. The Labute approximate surface area is 82.6 Å². The lowest BCUT2D eigenvalue weighted by Gasteiger charge is -2.04. The van der Waals surface area contributed by atoms with E-state index >= 15 is 0 Å². The summed E-state index contributed by atoms with van der Waals surface area (Å²) in [6, 6.07) is 7.17. The van der Waals surface area contributed by atoms with Crippen molar-refractivity contribution in [2.24, 2.45) is 0 Å². The Morgan fingerprint density at radius 2 is 2.00 bits per heavy atom. The molecule has 0 radical (unpaired) electrons. The molecule has 4 heteroatoms. The molecule has 0 unspecified atom stereocenters.